The molecule has 0 saturated heterocycles. The van der Waals surface area contributed by atoms with Crippen molar-refractivity contribution in [2.24, 2.45) is 0 Å². The van der Waals surface area contributed by atoms with Crippen molar-refractivity contribution in [2.45, 2.75) is 20.3 Å². The van der Waals surface area contributed by atoms with Gasteiger partial charge in [0.25, 0.3) is 0 Å². The van der Waals surface area contributed by atoms with Crippen LogP contribution in [0, 0.1) is 0 Å². The first-order chi connectivity index (χ1) is 6.74. The summed E-state index contributed by atoms with van der Waals surface area (Å²) in [6, 6.07) is 10.5. The van der Waals surface area contributed by atoms with Crippen molar-refractivity contribution in [1.82, 2.24) is 0 Å². The fourth-order valence-electron chi connectivity index (χ4n) is 1.02. The molecule has 1 aromatic rings. The molecule has 0 spiro atoms. The Balaban J connectivity index is 0.000000500. The minimum absolute atomic E-state index is 1.08. The topological polar surface area (TPSA) is 9.23 Å². The molecular weight excluding hydrogens is 172 g/mol. The summed E-state index contributed by atoms with van der Waals surface area (Å²) in [5, 5.41) is 0. The van der Waals surface area contributed by atoms with Crippen LogP contribution in [0.3, 0.4) is 0 Å². The van der Waals surface area contributed by atoms with Gasteiger partial charge in [-0.25, -0.2) is 0 Å². The van der Waals surface area contributed by atoms with Gasteiger partial charge in [-0.15, -0.1) is 0 Å². The summed E-state index contributed by atoms with van der Waals surface area (Å²) in [6.07, 6.45) is 3.24. The molecule has 0 atom stereocenters. The summed E-state index contributed by atoms with van der Waals surface area (Å²) in [5.41, 5.74) is 2.82. The Morgan fingerprint density at radius 1 is 1.21 bits per heavy atom. The SMILES string of the molecule is CC=C(C)Cc1ccccc1.COC. The van der Waals surface area contributed by atoms with Crippen LogP contribution in [0.2, 0.25) is 0 Å². The third kappa shape index (κ3) is 6.44. The molecule has 1 aromatic carbocycles. The zero-order chi connectivity index (χ0) is 10.8. The fraction of sp³-hybridized carbons (Fsp3) is 0.385. The van der Waals surface area contributed by atoms with Gasteiger partial charge in [-0.1, -0.05) is 42.0 Å². The van der Waals surface area contributed by atoms with Crippen molar-refractivity contribution in [3.63, 3.8) is 0 Å². The van der Waals surface area contributed by atoms with E-state index in [4.69, 9.17) is 0 Å². The maximum absolute atomic E-state index is 4.25. The number of ether oxygens (including phenoxy) is 1. The minimum Gasteiger partial charge on any atom is -0.388 e. The third-order valence-corrected chi connectivity index (χ3v) is 1.82. The summed E-state index contributed by atoms with van der Waals surface area (Å²) in [5.74, 6) is 0. The lowest BCUT2D eigenvalue weighted by Gasteiger charge is -1.99. The van der Waals surface area contributed by atoms with E-state index in [9.17, 15) is 0 Å². The molecule has 1 nitrogen and oxygen atoms in total. The molecular formula is C13H20O. The highest BCUT2D eigenvalue weighted by molar-refractivity contribution is 5.20. The molecule has 0 N–H and O–H groups in total. The number of benzene rings is 1. The maximum Gasteiger partial charge on any atom is 0.0351 e. The largest absolute Gasteiger partial charge is 0.388 e. The van der Waals surface area contributed by atoms with Crippen molar-refractivity contribution in [3.8, 4) is 0 Å². The van der Waals surface area contributed by atoms with Gasteiger partial charge in [0.15, 0.2) is 0 Å². The average molecular weight is 192 g/mol. The monoisotopic (exact) mass is 192 g/mol. The Labute approximate surface area is 87.4 Å². The average Bonchev–Trinajstić information content (AvgIpc) is 2.20. The highest BCUT2D eigenvalue weighted by Gasteiger charge is 1.90. The molecule has 0 radical (unpaired) electrons. The molecule has 1 heteroatoms. The lowest BCUT2D eigenvalue weighted by atomic mass is 10.1. The number of hydrogen-bond acceptors (Lipinski definition) is 1. The standard InChI is InChI=1S/C11H14.C2H6O/c1-3-10(2)9-11-7-5-4-6-8-11;1-3-2/h3-8H,9H2,1-2H3;1-2H3. The lowest BCUT2D eigenvalue weighted by Crippen LogP contribution is -1.84. The van der Waals surface area contributed by atoms with Gasteiger partial charge in [0.05, 0.1) is 0 Å². The smallest absolute Gasteiger partial charge is 0.0351 e. The van der Waals surface area contributed by atoms with Crippen molar-refractivity contribution < 1.29 is 4.74 Å². The normalized spacial score (nSPS) is 10.4. The van der Waals surface area contributed by atoms with Crippen molar-refractivity contribution in [3.05, 3.63) is 47.5 Å². The van der Waals surface area contributed by atoms with Crippen LogP contribution in [0.15, 0.2) is 42.0 Å². The molecule has 0 aromatic heterocycles. The van der Waals surface area contributed by atoms with Crippen LogP contribution in [0.1, 0.15) is 19.4 Å². The first-order valence-corrected chi connectivity index (χ1v) is 4.80. The van der Waals surface area contributed by atoms with Gasteiger partial charge >= 0.3 is 0 Å². The molecule has 0 heterocycles. The predicted octanol–water partition coefficient (Wildman–Crippen LogP) is 3.46. The predicted molar refractivity (Wildman–Crippen MR) is 62.5 cm³/mol. The quantitative estimate of drug-likeness (QED) is 0.652. The summed E-state index contributed by atoms with van der Waals surface area (Å²) in [4.78, 5) is 0. The van der Waals surface area contributed by atoms with Gasteiger partial charge in [-0.05, 0) is 25.8 Å². The van der Waals surface area contributed by atoms with E-state index in [0.29, 0.717) is 0 Å². The van der Waals surface area contributed by atoms with Gasteiger partial charge in [0.2, 0.25) is 0 Å². The van der Waals surface area contributed by atoms with Crippen molar-refractivity contribution >= 4 is 0 Å². The zero-order valence-electron chi connectivity index (χ0n) is 9.58. The molecule has 78 valence electrons. The molecule has 0 aliphatic rings. The van der Waals surface area contributed by atoms with E-state index in [1.54, 1.807) is 14.2 Å². The highest BCUT2D eigenvalue weighted by Crippen LogP contribution is 2.05. The Morgan fingerprint density at radius 2 is 1.71 bits per heavy atom. The second-order valence-corrected chi connectivity index (χ2v) is 3.21. The first-order valence-electron chi connectivity index (χ1n) is 4.80. The summed E-state index contributed by atoms with van der Waals surface area (Å²) < 4.78 is 4.25. The number of allylic oxidation sites excluding steroid dienone is 2. The van der Waals surface area contributed by atoms with Crippen LogP contribution >= 0.6 is 0 Å². The van der Waals surface area contributed by atoms with Gasteiger partial charge < -0.3 is 4.74 Å². The van der Waals surface area contributed by atoms with E-state index < -0.39 is 0 Å². The zero-order valence-corrected chi connectivity index (χ0v) is 9.58. The van der Waals surface area contributed by atoms with E-state index in [0.717, 1.165) is 6.42 Å². The van der Waals surface area contributed by atoms with Crippen LogP contribution in [-0.2, 0) is 11.2 Å². The molecule has 1 rings (SSSR count). The third-order valence-electron chi connectivity index (χ3n) is 1.82. The van der Waals surface area contributed by atoms with Crippen molar-refractivity contribution in [1.29, 1.82) is 0 Å². The second kappa shape index (κ2) is 8.52. The summed E-state index contributed by atoms with van der Waals surface area (Å²) in [7, 11) is 3.25. The van der Waals surface area contributed by atoms with E-state index in [1.807, 2.05) is 0 Å². The second-order valence-electron chi connectivity index (χ2n) is 3.21. The van der Waals surface area contributed by atoms with Gasteiger partial charge in [-0.2, -0.15) is 0 Å². The van der Waals surface area contributed by atoms with Crippen LogP contribution in [0.4, 0.5) is 0 Å². The summed E-state index contributed by atoms with van der Waals surface area (Å²) in [6.45, 7) is 4.24. The van der Waals surface area contributed by atoms with E-state index in [-0.39, 0.29) is 0 Å². The summed E-state index contributed by atoms with van der Waals surface area (Å²) >= 11 is 0. The molecule has 14 heavy (non-hydrogen) atoms. The molecule has 0 saturated carbocycles. The van der Waals surface area contributed by atoms with Crippen molar-refractivity contribution in [2.75, 3.05) is 14.2 Å². The minimum atomic E-state index is 1.08. The lowest BCUT2D eigenvalue weighted by molar-refractivity contribution is 0.277. The maximum atomic E-state index is 4.25. The van der Waals surface area contributed by atoms with Crippen LogP contribution in [-0.4, -0.2) is 14.2 Å². The van der Waals surface area contributed by atoms with Crippen LogP contribution < -0.4 is 0 Å². The van der Waals surface area contributed by atoms with Gasteiger partial charge in [-0.3, -0.25) is 0 Å². The number of methoxy groups -OCH3 is 1. The Kier molecular flexibility index (Phi) is 7.86. The van der Waals surface area contributed by atoms with Crippen LogP contribution in [0.5, 0.6) is 0 Å². The van der Waals surface area contributed by atoms with Crippen LogP contribution in [0.25, 0.3) is 0 Å². The van der Waals surface area contributed by atoms with E-state index >= 15 is 0 Å². The van der Waals surface area contributed by atoms with E-state index in [2.05, 4.69) is 55.0 Å². The highest BCUT2D eigenvalue weighted by atomic mass is 16.4. The fourth-order valence-corrected chi connectivity index (χ4v) is 1.02. The first kappa shape index (κ1) is 12.9. The molecule has 0 aliphatic carbocycles. The molecule has 0 fully saturated rings. The Hall–Kier alpha value is -1.08. The Morgan fingerprint density at radius 3 is 2.14 bits per heavy atom. The molecule has 0 aliphatic heterocycles. The number of hydrogen-bond donors (Lipinski definition) is 0. The number of rotatable bonds is 2. The Bertz CT molecular complexity index is 249. The van der Waals surface area contributed by atoms with Gasteiger partial charge in [0.1, 0.15) is 0 Å². The molecule has 0 unspecified atom stereocenters. The van der Waals surface area contributed by atoms with Gasteiger partial charge in [0, 0.05) is 14.2 Å². The van der Waals surface area contributed by atoms with E-state index in [1.165, 1.54) is 11.1 Å². The molecule has 0 amide bonds. The molecule has 0 bridgehead atoms.